The summed E-state index contributed by atoms with van der Waals surface area (Å²) in [5.41, 5.74) is 3.07. The Labute approximate surface area is 222 Å². The standard InChI is InChI=1S/C25H37F2N4O6P/c1-15(2)36-23(33)17(4)30-38(37-19-10-8-7-9-11-19)35-14-25(6,16(3)13-32)21(27)18(5)31-12-20(26)22(28)29-24(31)34/h7-12,15-18,21,30,32H,13-14H2,1-6H3,(H2,28,29,34). The number of nitrogens with two attached hydrogens (primary N) is 1. The maximum absolute atomic E-state index is 16.1. The summed E-state index contributed by atoms with van der Waals surface area (Å²) >= 11 is 0. The molecule has 1 aromatic heterocycles. The molecule has 6 unspecified atom stereocenters. The van der Waals surface area contributed by atoms with Gasteiger partial charge in [0.2, 0.25) is 0 Å². The molecule has 0 saturated carbocycles. The molecule has 4 N–H and O–H groups in total. The molecule has 38 heavy (non-hydrogen) atoms. The van der Waals surface area contributed by atoms with Crippen LogP contribution in [0.2, 0.25) is 0 Å². The summed E-state index contributed by atoms with van der Waals surface area (Å²) in [6.45, 7) is 8.94. The Balaban J connectivity index is 2.31. The van der Waals surface area contributed by atoms with Crippen LogP contribution in [0.5, 0.6) is 5.75 Å². The van der Waals surface area contributed by atoms with E-state index in [1.165, 1.54) is 6.92 Å². The average Bonchev–Trinajstić information content (AvgIpc) is 2.87. The fourth-order valence-electron chi connectivity index (χ4n) is 3.55. The van der Waals surface area contributed by atoms with Crippen molar-refractivity contribution >= 4 is 20.3 Å². The third-order valence-electron chi connectivity index (χ3n) is 6.25. The molecule has 0 bridgehead atoms. The number of para-hydroxylation sites is 1. The Morgan fingerprint density at radius 1 is 1.24 bits per heavy atom. The van der Waals surface area contributed by atoms with Gasteiger partial charge in [0.25, 0.3) is 0 Å². The first-order chi connectivity index (χ1) is 17.8. The lowest BCUT2D eigenvalue weighted by molar-refractivity contribution is -0.149. The van der Waals surface area contributed by atoms with E-state index < -0.39 is 68.0 Å². The van der Waals surface area contributed by atoms with Crippen molar-refractivity contribution in [1.82, 2.24) is 14.6 Å². The van der Waals surface area contributed by atoms with Crippen molar-refractivity contribution in [3.8, 4) is 5.75 Å². The highest BCUT2D eigenvalue weighted by Crippen LogP contribution is 2.44. The zero-order valence-corrected chi connectivity index (χ0v) is 23.3. The van der Waals surface area contributed by atoms with Crippen LogP contribution in [-0.4, -0.2) is 52.2 Å². The van der Waals surface area contributed by atoms with Crippen LogP contribution in [0.15, 0.2) is 41.3 Å². The second-order valence-electron chi connectivity index (χ2n) is 9.67. The predicted octanol–water partition coefficient (Wildman–Crippen LogP) is 3.75. The van der Waals surface area contributed by atoms with Gasteiger partial charge in [-0.15, -0.1) is 0 Å². The van der Waals surface area contributed by atoms with Gasteiger partial charge < -0.3 is 24.6 Å². The van der Waals surface area contributed by atoms with E-state index >= 15 is 4.39 Å². The number of nitrogens with zero attached hydrogens (tertiary/aromatic N) is 2. The zero-order valence-electron chi connectivity index (χ0n) is 22.4. The van der Waals surface area contributed by atoms with Gasteiger partial charge in [0.05, 0.1) is 18.8 Å². The number of aromatic nitrogens is 2. The van der Waals surface area contributed by atoms with Crippen LogP contribution >= 0.6 is 8.53 Å². The lowest BCUT2D eigenvalue weighted by Crippen LogP contribution is -2.47. The van der Waals surface area contributed by atoms with E-state index in [0.29, 0.717) is 5.75 Å². The lowest BCUT2D eigenvalue weighted by atomic mass is 9.73. The fourth-order valence-corrected chi connectivity index (χ4v) is 4.86. The molecule has 0 aliphatic heterocycles. The van der Waals surface area contributed by atoms with Crippen LogP contribution in [-0.2, 0) is 14.1 Å². The SMILES string of the molecule is CC(C)OC(=O)C(C)NP(OCC(C)(C(C)CO)C(F)C(C)n1cc(F)c(N)nc1=O)Oc1ccccc1. The van der Waals surface area contributed by atoms with Crippen LogP contribution < -0.4 is 21.0 Å². The molecule has 6 atom stereocenters. The molecule has 2 rings (SSSR count). The summed E-state index contributed by atoms with van der Waals surface area (Å²) in [6, 6.07) is 6.72. The van der Waals surface area contributed by atoms with E-state index in [2.05, 4.69) is 10.1 Å². The number of aliphatic hydroxyl groups is 1. The molecule has 0 saturated heterocycles. The highest BCUT2D eigenvalue weighted by molar-refractivity contribution is 7.45. The Morgan fingerprint density at radius 2 is 1.87 bits per heavy atom. The van der Waals surface area contributed by atoms with E-state index in [9.17, 15) is 19.1 Å². The monoisotopic (exact) mass is 558 g/mol. The van der Waals surface area contributed by atoms with Gasteiger partial charge in [0, 0.05) is 18.2 Å². The molecule has 0 amide bonds. The third kappa shape index (κ3) is 8.17. The van der Waals surface area contributed by atoms with Gasteiger partial charge in [-0.05, 0) is 45.7 Å². The Kier molecular flexibility index (Phi) is 11.6. The van der Waals surface area contributed by atoms with Crippen molar-refractivity contribution in [3.05, 3.63) is 52.8 Å². The van der Waals surface area contributed by atoms with E-state index in [-0.39, 0.29) is 12.7 Å². The van der Waals surface area contributed by atoms with Gasteiger partial charge >= 0.3 is 20.2 Å². The molecule has 212 valence electrons. The van der Waals surface area contributed by atoms with E-state index in [1.54, 1.807) is 65.0 Å². The maximum atomic E-state index is 16.1. The minimum atomic E-state index is -2.00. The summed E-state index contributed by atoms with van der Waals surface area (Å²) in [6.07, 6.45) is -1.32. The van der Waals surface area contributed by atoms with E-state index in [1.807, 2.05) is 0 Å². The first-order valence-corrected chi connectivity index (χ1v) is 13.4. The first kappa shape index (κ1) is 31.6. The Hall–Kier alpha value is -2.66. The minimum absolute atomic E-state index is 0.280. The molecule has 0 spiro atoms. The van der Waals surface area contributed by atoms with Crippen LogP contribution in [0.1, 0.15) is 47.6 Å². The first-order valence-electron chi connectivity index (χ1n) is 12.2. The average molecular weight is 559 g/mol. The lowest BCUT2D eigenvalue weighted by Gasteiger charge is -2.40. The van der Waals surface area contributed by atoms with Crippen molar-refractivity contribution < 1.29 is 32.5 Å². The van der Waals surface area contributed by atoms with Gasteiger partial charge in [-0.25, -0.2) is 18.7 Å². The van der Waals surface area contributed by atoms with Crippen LogP contribution in [0.4, 0.5) is 14.6 Å². The Morgan fingerprint density at radius 3 is 2.45 bits per heavy atom. The topological polar surface area (TPSA) is 138 Å². The molecular formula is C25H37F2N4O6P. The molecule has 0 aliphatic carbocycles. The number of rotatable bonds is 14. The molecule has 1 aromatic carbocycles. The van der Waals surface area contributed by atoms with Gasteiger partial charge in [-0.2, -0.15) is 4.98 Å². The number of hydrogen-bond donors (Lipinski definition) is 3. The summed E-state index contributed by atoms with van der Waals surface area (Å²) in [5, 5.41) is 12.9. The molecule has 1 heterocycles. The summed E-state index contributed by atoms with van der Waals surface area (Å²) < 4.78 is 48.2. The number of aliphatic hydroxyl groups excluding tert-OH is 1. The number of nitrogen functional groups attached to an aromatic ring is 1. The van der Waals surface area contributed by atoms with Gasteiger partial charge in [0.1, 0.15) is 18.0 Å². The van der Waals surface area contributed by atoms with Gasteiger partial charge in [-0.3, -0.25) is 9.36 Å². The number of benzene rings is 1. The minimum Gasteiger partial charge on any atom is -0.462 e. The largest absolute Gasteiger partial charge is 0.462 e. The fraction of sp³-hybridized carbons (Fsp3) is 0.560. The van der Waals surface area contributed by atoms with Crippen molar-refractivity contribution in [2.75, 3.05) is 18.9 Å². The Bertz CT molecular complexity index is 1110. The van der Waals surface area contributed by atoms with Crippen LogP contribution in [0.3, 0.4) is 0 Å². The second-order valence-corrected chi connectivity index (χ2v) is 10.9. The highest BCUT2D eigenvalue weighted by Gasteiger charge is 2.44. The van der Waals surface area contributed by atoms with E-state index in [4.69, 9.17) is 19.5 Å². The number of alkyl halides is 1. The van der Waals surface area contributed by atoms with Crippen molar-refractivity contribution in [1.29, 1.82) is 0 Å². The number of hydrogen-bond acceptors (Lipinski definition) is 9. The number of esters is 1. The maximum Gasteiger partial charge on any atom is 0.350 e. The summed E-state index contributed by atoms with van der Waals surface area (Å²) in [7, 11) is -2.00. The van der Waals surface area contributed by atoms with Crippen LogP contribution in [0.25, 0.3) is 0 Å². The smallest absolute Gasteiger partial charge is 0.350 e. The zero-order chi connectivity index (χ0) is 28.6. The van der Waals surface area contributed by atoms with Crippen molar-refractivity contribution in [3.63, 3.8) is 0 Å². The number of halogens is 2. The number of ether oxygens (including phenoxy) is 1. The molecule has 0 radical (unpaired) electrons. The number of carbonyl (C=O) groups is 1. The summed E-state index contributed by atoms with van der Waals surface area (Å²) in [4.78, 5) is 28.1. The quantitative estimate of drug-likeness (QED) is 0.234. The van der Waals surface area contributed by atoms with Crippen molar-refractivity contribution in [2.45, 2.75) is 65.9 Å². The second kappa shape index (κ2) is 13.9. The molecule has 0 aliphatic rings. The van der Waals surface area contributed by atoms with E-state index in [0.717, 1.165) is 10.8 Å². The molecule has 2 aromatic rings. The molecule has 0 fully saturated rings. The molecule has 13 heteroatoms. The molecule has 10 nitrogen and oxygen atoms in total. The van der Waals surface area contributed by atoms with Crippen molar-refractivity contribution in [2.24, 2.45) is 11.3 Å². The number of nitrogens with one attached hydrogen (secondary N) is 1. The summed E-state index contributed by atoms with van der Waals surface area (Å²) in [5.74, 6) is -2.26. The van der Waals surface area contributed by atoms with Gasteiger partial charge in [-0.1, -0.05) is 32.0 Å². The van der Waals surface area contributed by atoms with Crippen LogP contribution in [0, 0.1) is 17.2 Å². The highest BCUT2D eigenvalue weighted by atomic mass is 31.2. The third-order valence-corrected chi connectivity index (χ3v) is 7.59. The van der Waals surface area contributed by atoms with Gasteiger partial charge in [0.15, 0.2) is 11.6 Å². The molecular weight excluding hydrogens is 521 g/mol. The number of carbonyl (C=O) groups excluding carboxylic acids is 1. The number of anilines is 1. The predicted molar refractivity (Wildman–Crippen MR) is 141 cm³/mol. The normalized spacial score (nSPS) is 17.2.